The van der Waals surface area contributed by atoms with Crippen molar-refractivity contribution in [3.63, 3.8) is 0 Å². The predicted molar refractivity (Wildman–Crippen MR) is 140 cm³/mol. The van der Waals surface area contributed by atoms with E-state index in [1.165, 1.54) is 6.26 Å². The lowest BCUT2D eigenvalue weighted by Crippen LogP contribution is -2.18. The van der Waals surface area contributed by atoms with Crippen molar-refractivity contribution in [3.05, 3.63) is 82.7 Å². The molecule has 1 aliphatic rings. The van der Waals surface area contributed by atoms with Gasteiger partial charge in [-0.05, 0) is 29.8 Å². The number of nitrogens with one attached hydrogen (secondary N) is 1. The normalized spacial score (nSPS) is 13.1. The first-order valence-corrected chi connectivity index (χ1v) is 13.5. The maximum absolute atomic E-state index is 13.3. The van der Waals surface area contributed by atoms with Crippen molar-refractivity contribution in [2.24, 2.45) is 14.1 Å². The summed E-state index contributed by atoms with van der Waals surface area (Å²) < 4.78 is 27.5. The second kappa shape index (κ2) is 7.92. The number of hydrogen-bond donors (Lipinski definition) is 1. The van der Waals surface area contributed by atoms with E-state index in [2.05, 4.69) is 20.0 Å². The average Bonchev–Trinajstić information content (AvgIpc) is 3.40. The Hall–Kier alpha value is -4.18. The van der Waals surface area contributed by atoms with Crippen LogP contribution < -0.4 is 10.5 Å². The number of fused-ring (bicyclic) bond motifs is 2. The molecule has 0 spiro atoms. The third-order valence-electron chi connectivity index (χ3n) is 6.54. The highest BCUT2D eigenvalue weighted by Gasteiger charge is 2.29. The van der Waals surface area contributed by atoms with E-state index in [-0.39, 0.29) is 11.3 Å². The number of nitrogens with zero attached hydrogens (tertiary/aromatic N) is 5. The molecule has 1 aliphatic heterocycles. The molecule has 1 aromatic carbocycles. The van der Waals surface area contributed by atoms with E-state index in [4.69, 9.17) is 0 Å². The van der Waals surface area contributed by atoms with Crippen LogP contribution in [-0.4, -0.2) is 39.0 Å². The van der Waals surface area contributed by atoms with Gasteiger partial charge in [0.25, 0.3) is 5.56 Å². The summed E-state index contributed by atoms with van der Waals surface area (Å²) in [5, 5.41) is 5.16. The third kappa shape index (κ3) is 3.61. The molecule has 0 saturated heterocycles. The molecule has 0 aliphatic carbocycles. The second-order valence-corrected chi connectivity index (χ2v) is 11.4. The van der Waals surface area contributed by atoms with Crippen molar-refractivity contribution in [2.45, 2.75) is 12.3 Å². The number of aromatic nitrogens is 5. The first-order valence-electron chi connectivity index (χ1n) is 11.4. The fraction of sp³-hybridized carbons (Fsp3) is 0.192. The molecule has 182 valence electrons. The van der Waals surface area contributed by atoms with Crippen LogP contribution in [0.1, 0.15) is 11.1 Å². The van der Waals surface area contributed by atoms with Gasteiger partial charge in [0.2, 0.25) is 0 Å². The largest absolute Gasteiger partial charge is 0.350 e. The summed E-state index contributed by atoms with van der Waals surface area (Å²) in [4.78, 5) is 23.4. The van der Waals surface area contributed by atoms with Crippen LogP contribution in [0.2, 0.25) is 0 Å². The average molecular weight is 501 g/mol. The fourth-order valence-corrected chi connectivity index (χ4v) is 5.82. The molecule has 5 heterocycles. The van der Waals surface area contributed by atoms with Gasteiger partial charge in [-0.1, -0.05) is 12.1 Å². The second-order valence-electron chi connectivity index (χ2n) is 9.29. The first-order chi connectivity index (χ1) is 17.2. The molecule has 0 radical (unpaired) electrons. The van der Waals surface area contributed by atoms with Crippen molar-refractivity contribution >= 4 is 32.2 Å². The van der Waals surface area contributed by atoms with Gasteiger partial charge in [-0.15, -0.1) is 0 Å². The van der Waals surface area contributed by atoms with Crippen LogP contribution in [0.4, 0.5) is 11.5 Å². The Morgan fingerprint density at radius 2 is 1.92 bits per heavy atom. The van der Waals surface area contributed by atoms with Crippen molar-refractivity contribution in [1.29, 1.82) is 0 Å². The van der Waals surface area contributed by atoms with Crippen LogP contribution in [0.5, 0.6) is 0 Å². The summed E-state index contributed by atoms with van der Waals surface area (Å²) in [6.07, 6.45) is 8.50. The summed E-state index contributed by atoms with van der Waals surface area (Å²) in [5.41, 5.74) is 6.31. The molecule has 0 fully saturated rings. The van der Waals surface area contributed by atoms with Gasteiger partial charge in [-0.25, -0.2) is 13.4 Å². The summed E-state index contributed by atoms with van der Waals surface area (Å²) in [5.74, 6) is 0.681. The topological polar surface area (TPSA) is 106 Å². The summed E-state index contributed by atoms with van der Waals surface area (Å²) in [6, 6.07) is 11.4. The Bertz CT molecular complexity index is 1820. The Balaban J connectivity index is 1.72. The molecule has 0 atom stereocenters. The van der Waals surface area contributed by atoms with Crippen molar-refractivity contribution in [2.75, 3.05) is 11.2 Å². The van der Waals surface area contributed by atoms with Gasteiger partial charge in [0.1, 0.15) is 11.3 Å². The Labute approximate surface area is 207 Å². The molecule has 0 amide bonds. The Morgan fingerprint density at radius 1 is 1.08 bits per heavy atom. The van der Waals surface area contributed by atoms with E-state index < -0.39 is 9.84 Å². The summed E-state index contributed by atoms with van der Waals surface area (Å²) >= 11 is 0. The lowest BCUT2D eigenvalue weighted by molar-refractivity contribution is 0.601. The number of aromatic amines is 1. The highest BCUT2D eigenvalue weighted by molar-refractivity contribution is 7.89. The van der Waals surface area contributed by atoms with Gasteiger partial charge < -0.3 is 14.5 Å². The molecule has 6 rings (SSSR count). The number of sulfone groups is 1. The number of aryl methyl sites for hydroxylation is 2. The minimum absolute atomic E-state index is 0.0697. The zero-order valence-electron chi connectivity index (χ0n) is 20.1. The van der Waals surface area contributed by atoms with Gasteiger partial charge in [-0.2, -0.15) is 5.10 Å². The van der Waals surface area contributed by atoms with E-state index in [1.807, 2.05) is 55.8 Å². The number of anilines is 2. The smallest absolute Gasteiger partial charge is 0.274 e. The zero-order valence-corrected chi connectivity index (χ0v) is 20.9. The molecule has 9 nitrogen and oxygen atoms in total. The Morgan fingerprint density at radius 3 is 2.61 bits per heavy atom. The molecule has 0 unspecified atom stereocenters. The fourth-order valence-electron chi connectivity index (χ4n) is 5.04. The van der Waals surface area contributed by atoms with Crippen LogP contribution in [0.3, 0.4) is 0 Å². The molecular weight excluding hydrogens is 476 g/mol. The lowest BCUT2D eigenvalue weighted by atomic mass is 9.98. The lowest BCUT2D eigenvalue weighted by Gasteiger charge is -2.25. The molecule has 36 heavy (non-hydrogen) atoms. The molecule has 5 aromatic rings. The SMILES string of the molecule is Cn1cc(-c2[nH]c3c(=O)n(C)cc4c3c2CN(c2ccccn2)c2ccc(CS(C)(=O)=O)cc2-4)cn1. The van der Waals surface area contributed by atoms with Gasteiger partial charge in [0.15, 0.2) is 9.84 Å². The Kier molecular flexibility index (Phi) is 4.91. The van der Waals surface area contributed by atoms with Crippen LogP contribution in [0, 0.1) is 0 Å². The van der Waals surface area contributed by atoms with E-state index in [0.29, 0.717) is 17.6 Å². The minimum atomic E-state index is -3.23. The third-order valence-corrected chi connectivity index (χ3v) is 7.39. The van der Waals surface area contributed by atoms with Gasteiger partial charge in [0.05, 0.1) is 29.9 Å². The van der Waals surface area contributed by atoms with E-state index >= 15 is 0 Å². The van der Waals surface area contributed by atoms with Gasteiger partial charge in [0, 0.05) is 66.6 Å². The number of rotatable bonds is 4. The van der Waals surface area contributed by atoms with Crippen molar-refractivity contribution < 1.29 is 8.42 Å². The quantitative estimate of drug-likeness (QED) is 0.405. The minimum Gasteiger partial charge on any atom is -0.350 e. The van der Waals surface area contributed by atoms with Gasteiger partial charge in [-0.3, -0.25) is 9.48 Å². The van der Waals surface area contributed by atoms with E-state index in [1.54, 1.807) is 28.7 Å². The van der Waals surface area contributed by atoms with Gasteiger partial charge >= 0.3 is 0 Å². The number of pyridine rings is 2. The number of benzene rings is 1. The molecule has 4 aromatic heterocycles. The number of H-pyrrole nitrogens is 1. The van der Waals surface area contributed by atoms with Crippen LogP contribution >= 0.6 is 0 Å². The maximum atomic E-state index is 13.3. The van der Waals surface area contributed by atoms with Crippen LogP contribution in [0.15, 0.2) is 66.0 Å². The highest BCUT2D eigenvalue weighted by Crippen LogP contribution is 2.45. The monoisotopic (exact) mass is 500 g/mol. The first kappa shape index (κ1) is 22.3. The number of hydrogen-bond acceptors (Lipinski definition) is 6. The van der Waals surface area contributed by atoms with Crippen molar-refractivity contribution in [1.82, 2.24) is 24.3 Å². The molecule has 1 N–H and O–H groups in total. The summed E-state index contributed by atoms with van der Waals surface area (Å²) in [6.45, 7) is 0.458. The predicted octanol–water partition coefficient (Wildman–Crippen LogP) is 3.53. The molecular formula is C26H24N6O3S. The standard InChI is InChI=1S/C26H24N6O3S/c1-30-13-19-18-10-16(15-36(3,34)35)7-8-21(18)32(22-6-4-5-9-27-22)14-20-23(19)25(26(30)33)29-24(20)17-11-28-31(2)12-17/h4-13,29H,14-15H2,1-3H3. The van der Waals surface area contributed by atoms with E-state index in [0.717, 1.165) is 44.8 Å². The maximum Gasteiger partial charge on any atom is 0.274 e. The van der Waals surface area contributed by atoms with Crippen molar-refractivity contribution in [3.8, 4) is 22.4 Å². The highest BCUT2D eigenvalue weighted by atomic mass is 32.2. The molecule has 0 saturated carbocycles. The molecule has 10 heteroatoms. The summed E-state index contributed by atoms with van der Waals surface area (Å²) in [7, 11) is 0.349. The van der Waals surface area contributed by atoms with Crippen LogP contribution in [-0.2, 0) is 36.2 Å². The molecule has 0 bridgehead atoms. The van der Waals surface area contributed by atoms with E-state index in [9.17, 15) is 13.2 Å². The zero-order chi connectivity index (χ0) is 25.2. The van der Waals surface area contributed by atoms with Crippen LogP contribution in [0.25, 0.3) is 33.3 Å².